The number of phenolic OH excluding ortho intramolecular Hbond substituents is 1. The Morgan fingerprint density at radius 1 is 1.25 bits per heavy atom. The topological polar surface area (TPSA) is 95.9 Å². The minimum atomic E-state index is -0.433. The Morgan fingerprint density at radius 3 is 2.66 bits per heavy atom. The van der Waals surface area contributed by atoms with Crippen LogP contribution >= 0.6 is 35.6 Å². The zero-order valence-corrected chi connectivity index (χ0v) is 19.4. The van der Waals surface area contributed by atoms with Crippen molar-refractivity contribution < 1.29 is 24.2 Å². The maximum atomic E-state index is 12.7. The van der Waals surface area contributed by atoms with Gasteiger partial charge in [-0.1, -0.05) is 47.7 Å². The molecule has 10 heteroatoms. The zero-order chi connectivity index (χ0) is 23.3. The molecule has 0 saturated carbocycles. The first-order chi connectivity index (χ1) is 15.3. The highest BCUT2D eigenvalue weighted by Crippen LogP contribution is 2.33. The Kier molecular flexibility index (Phi) is 7.89. The van der Waals surface area contributed by atoms with Crippen LogP contribution < -0.4 is 5.32 Å². The van der Waals surface area contributed by atoms with Crippen LogP contribution in [0.4, 0.5) is 5.69 Å². The van der Waals surface area contributed by atoms with E-state index in [1.54, 1.807) is 30.3 Å². The van der Waals surface area contributed by atoms with Crippen molar-refractivity contribution in [3.05, 3.63) is 63.5 Å². The van der Waals surface area contributed by atoms with Crippen LogP contribution in [0, 0.1) is 0 Å². The van der Waals surface area contributed by atoms with E-state index < -0.39 is 5.97 Å². The van der Waals surface area contributed by atoms with Crippen LogP contribution in [0.15, 0.2) is 47.4 Å². The van der Waals surface area contributed by atoms with E-state index in [4.69, 9.17) is 23.8 Å². The van der Waals surface area contributed by atoms with Crippen LogP contribution in [0.25, 0.3) is 6.08 Å². The molecule has 1 aliphatic rings. The number of nitrogens with zero attached hydrogens (tertiary/aromatic N) is 1. The summed E-state index contributed by atoms with van der Waals surface area (Å²) in [4.78, 5) is 38.3. The lowest BCUT2D eigenvalue weighted by atomic mass is 10.1. The maximum absolute atomic E-state index is 12.7. The first-order valence-electron chi connectivity index (χ1n) is 9.50. The maximum Gasteiger partial charge on any atom is 0.337 e. The summed E-state index contributed by atoms with van der Waals surface area (Å²) in [5, 5.41) is 12.8. The first kappa shape index (κ1) is 23.8. The Hall–Kier alpha value is -2.88. The van der Waals surface area contributed by atoms with Crippen molar-refractivity contribution in [1.82, 2.24) is 4.90 Å². The molecule has 166 valence electrons. The molecule has 0 aromatic heterocycles. The summed E-state index contributed by atoms with van der Waals surface area (Å²) in [6.07, 6.45) is 2.23. The molecule has 0 aliphatic carbocycles. The Morgan fingerprint density at radius 2 is 1.97 bits per heavy atom. The van der Waals surface area contributed by atoms with Gasteiger partial charge in [-0.05, 0) is 48.4 Å². The second kappa shape index (κ2) is 10.6. The highest BCUT2D eigenvalue weighted by molar-refractivity contribution is 8.26. The normalized spacial score (nSPS) is 14.7. The Bertz CT molecular complexity index is 1100. The van der Waals surface area contributed by atoms with Crippen LogP contribution in [0.3, 0.4) is 0 Å². The molecule has 0 atom stereocenters. The van der Waals surface area contributed by atoms with Gasteiger partial charge in [0.1, 0.15) is 10.1 Å². The molecule has 2 N–H and O–H groups in total. The molecular weight excluding hydrogens is 472 g/mol. The number of benzene rings is 2. The van der Waals surface area contributed by atoms with Crippen molar-refractivity contribution in [3.8, 4) is 5.75 Å². The number of hydrogen-bond acceptors (Lipinski definition) is 7. The minimum Gasteiger partial charge on any atom is -0.506 e. The van der Waals surface area contributed by atoms with E-state index in [9.17, 15) is 19.5 Å². The highest BCUT2D eigenvalue weighted by Gasteiger charge is 2.31. The fourth-order valence-corrected chi connectivity index (χ4v) is 4.38. The van der Waals surface area contributed by atoms with Gasteiger partial charge in [-0.15, -0.1) is 0 Å². The number of esters is 1. The van der Waals surface area contributed by atoms with Crippen molar-refractivity contribution in [3.63, 3.8) is 0 Å². The number of halogens is 1. The number of ether oxygens (including phenoxy) is 1. The number of carbonyl (C=O) groups is 3. The van der Waals surface area contributed by atoms with E-state index in [0.717, 1.165) is 5.56 Å². The molecule has 1 saturated heterocycles. The molecular formula is C22H19ClN2O5S2. The number of thiocarbonyl (C=S) groups is 1. The van der Waals surface area contributed by atoms with Crippen LogP contribution in [-0.4, -0.2) is 45.8 Å². The van der Waals surface area contributed by atoms with Crippen molar-refractivity contribution in [2.75, 3.05) is 19.0 Å². The number of carbonyl (C=O) groups excluding carboxylic acids is 3. The van der Waals surface area contributed by atoms with Crippen LogP contribution in [-0.2, 0) is 14.3 Å². The molecule has 2 amide bonds. The summed E-state index contributed by atoms with van der Waals surface area (Å²) >= 11 is 12.4. The smallest absolute Gasteiger partial charge is 0.337 e. The molecule has 0 radical (unpaired) electrons. The molecule has 2 aromatic rings. The molecule has 1 heterocycles. The van der Waals surface area contributed by atoms with E-state index in [2.05, 4.69) is 10.1 Å². The van der Waals surface area contributed by atoms with E-state index in [1.807, 2.05) is 0 Å². The van der Waals surface area contributed by atoms with Gasteiger partial charge < -0.3 is 15.2 Å². The van der Waals surface area contributed by atoms with Crippen molar-refractivity contribution in [1.29, 1.82) is 0 Å². The quantitative estimate of drug-likeness (QED) is 0.256. The van der Waals surface area contributed by atoms with E-state index in [0.29, 0.717) is 26.2 Å². The SMILES string of the molecule is COC(=O)c1ccc(/C=C2\SC(=S)N(CCCC(=O)Nc3cc(Cl)ccc3O)C2=O)cc1. The Balaban J connectivity index is 1.55. The lowest BCUT2D eigenvalue weighted by Crippen LogP contribution is -2.29. The minimum absolute atomic E-state index is 0.0792. The molecule has 32 heavy (non-hydrogen) atoms. The van der Waals surface area contributed by atoms with Gasteiger partial charge in [-0.3, -0.25) is 14.5 Å². The number of hydrogen-bond donors (Lipinski definition) is 2. The van der Waals surface area contributed by atoms with Gasteiger partial charge in [-0.25, -0.2) is 4.79 Å². The van der Waals surface area contributed by atoms with E-state index >= 15 is 0 Å². The second-order valence-corrected chi connectivity index (χ2v) is 8.87. The number of rotatable bonds is 7. The second-order valence-electron chi connectivity index (χ2n) is 6.76. The molecule has 3 rings (SSSR count). The van der Waals surface area contributed by atoms with Crippen LogP contribution in [0.1, 0.15) is 28.8 Å². The molecule has 7 nitrogen and oxygen atoms in total. The van der Waals surface area contributed by atoms with Crippen LogP contribution in [0.2, 0.25) is 5.02 Å². The third-order valence-corrected chi connectivity index (χ3v) is 6.13. The highest BCUT2D eigenvalue weighted by atomic mass is 35.5. The first-order valence-corrected chi connectivity index (χ1v) is 11.1. The molecule has 0 unspecified atom stereocenters. The van der Waals surface area contributed by atoms with Crippen molar-refractivity contribution in [2.45, 2.75) is 12.8 Å². The number of thioether (sulfide) groups is 1. The summed E-state index contributed by atoms with van der Waals surface area (Å²) in [5.74, 6) is -1.05. The van der Waals surface area contributed by atoms with E-state index in [1.165, 1.54) is 42.0 Å². The molecule has 1 aliphatic heterocycles. The standard InChI is InChI=1S/C22H19ClN2O5S2/c1-30-21(29)14-6-4-13(5-7-14)11-18-20(28)25(22(31)32-18)10-2-3-19(27)24-16-12-15(23)8-9-17(16)26/h4-9,11-12,26H,2-3,10H2,1H3,(H,24,27)/b18-11-. The van der Waals surface area contributed by atoms with E-state index in [-0.39, 0.29) is 36.2 Å². The van der Waals surface area contributed by atoms with Gasteiger partial charge in [0.15, 0.2) is 0 Å². The third-order valence-electron chi connectivity index (χ3n) is 4.52. The van der Waals surface area contributed by atoms with Gasteiger partial charge >= 0.3 is 5.97 Å². The average molecular weight is 491 g/mol. The largest absolute Gasteiger partial charge is 0.506 e. The number of methoxy groups -OCH3 is 1. The van der Waals surface area contributed by atoms with Gasteiger partial charge in [0.05, 0.1) is 23.3 Å². The fourth-order valence-electron chi connectivity index (χ4n) is 2.90. The molecule has 0 bridgehead atoms. The average Bonchev–Trinajstić information content (AvgIpc) is 3.03. The number of aromatic hydroxyl groups is 1. The Labute approximate surface area is 199 Å². The fraction of sp³-hybridized carbons (Fsp3) is 0.182. The lowest BCUT2D eigenvalue weighted by Gasteiger charge is -2.14. The monoisotopic (exact) mass is 490 g/mol. The van der Waals surface area contributed by atoms with Crippen LogP contribution in [0.5, 0.6) is 5.75 Å². The summed E-state index contributed by atoms with van der Waals surface area (Å²) in [6.45, 7) is 0.290. The van der Waals surface area contributed by atoms with Gasteiger partial charge in [0.2, 0.25) is 5.91 Å². The van der Waals surface area contributed by atoms with Crippen molar-refractivity contribution >= 4 is 69.4 Å². The predicted octanol–water partition coefficient (Wildman–Crippen LogP) is 4.45. The van der Waals surface area contributed by atoms with Gasteiger partial charge in [0.25, 0.3) is 5.91 Å². The summed E-state index contributed by atoms with van der Waals surface area (Å²) in [6, 6.07) is 11.0. The van der Waals surface area contributed by atoms with Gasteiger partial charge in [0, 0.05) is 18.0 Å². The summed E-state index contributed by atoms with van der Waals surface area (Å²) in [5.41, 5.74) is 1.40. The van der Waals surface area contributed by atoms with Gasteiger partial charge in [-0.2, -0.15) is 0 Å². The summed E-state index contributed by atoms with van der Waals surface area (Å²) in [7, 11) is 1.31. The molecule has 0 spiro atoms. The number of anilines is 1. The predicted molar refractivity (Wildman–Crippen MR) is 129 cm³/mol. The molecule has 2 aromatic carbocycles. The summed E-state index contributed by atoms with van der Waals surface area (Å²) < 4.78 is 5.09. The number of phenols is 1. The number of nitrogens with one attached hydrogen (secondary N) is 1. The lowest BCUT2D eigenvalue weighted by molar-refractivity contribution is -0.122. The van der Waals surface area contributed by atoms with Crippen molar-refractivity contribution in [2.24, 2.45) is 0 Å². The zero-order valence-electron chi connectivity index (χ0n) is 17.0. The molecule has 1 fully saturated rings. The third kappa shape index (κ3) is 5.87. The number of amides is 2.